The fourth-order valence-electron chi connectivity index (χ4n) is 8.62. The van der Waals surface area contributed by atoms with E-state index in [1.54, 1.807) is 13.0 Å². The van der Waals surface area contributed by atoms with Crippen LogP contribution in [0.4, 0.5) is 0 Å². The topological polar surface area (TPSA) is 105 Å². The van der Waals surface area contributed by atoms with Crippen molar-refractivity contribution in [3.8, 4) is 23.3 Å². The van der Waals surface area contributed by atoms with Crippen LogP contribution in [0.25, 0.3) is 0 Å². The van der Waals surface area contributed by atoms with Crippen molar-refractivity contribution in [3.05, 3.63) is 70.8 Å². The molecule has 0 amide bonds. The standard InChI is InChI=1S/C26H32O4.C18H22O4/c1-5-6-9-17(2)22(27)15-14-20-18(3)16-23-25(20)21-12-7-10-19(26(21)30-23)11-8-13-24(28)29-4;1-11-9-15-17(14(11)10-19)13-7-3-5-12(18(13)22-15)6-4-8-16(20)21-2/h7,10,12,14-15,17-18,20,23,25H,8-9,11,13,16H2,1-4H3;3,5,7,10-11,14-15,17H,4,6,8-9H2,1-2H3/b15-14+;/t17-,18-,20+,23+,25+;11-,14+,15+,17-/m11/s1. The average molecular weight is 711 g/mol. The Morgan fingerprint density at radius 3 is 1.81 bits per heavy atom. The maximum absolute atomic E-state index is 12.5. The fourth-order valence-corrected chi connectivity index (χ4v) is 8.62. The quantitative estimate of drug-likeness (QED) is 0.0900. The molecule has 2 aliphatic heterocycles. The predicted molar refractivity (Wildman–Crippen MR) is 199 cm³/mol. The van der Waals surface area contributed by atoms with Gasteiger partial charge in [0, 0.05) is 54.1 Å². The number of para-hydroxylation sites is 2. The van der Waals surface area contributed by atoms with Crippen molar-refractivity contribution in [3.63, 3.8) is 0 Å². The van der Waals surface area contributed by atoms with E-state index < -0.39 is 0 Å². The molecule has 2 saturated carbocycles. The number of ketones is 1. The van der Waals surface area contributed by atoms with Crippen LogP contribution in [-0.2, 0) is 41.5 Å². The van der Waals surface area contributed by atoms with Gasteiger partial charge in [0.1, 0.15) is 30.0 Å². The summed E-state index contributed by atoms with van der Waals surface area (Å²) >= 11 is 0. The number of hydrogen-bond donors (Lipinski definition) is 0. The Morgan fingerprint density at radius 1 is 0.827 bits per heavy atom. The zero-order chi connectivity index (χ0) is 37.4. The van der Waals surface area contributed by atoms with Crippen molar-refractivity contribution in [2.75, 3.05) is 14.2 Å². The molecule has 8 heteroatoms. The van der Waals surface area contributed by atoms with Gasteiger partial charge in [-0.3, -0.25) is 14.4 Å². The van der Waals surface area contributed by atoms with Crippen LogP contribution in [0.1, 0.15) is 107 Å². The summed E-state index contributed by atoms with van der Waals surface area (Å²) < 4.78 is 22.0. The Hall–Kier alpha value is -4.38. The van der Waals surface area contributed by atoms with Crippen LogP contribution in [0.15, 0.2) is 48.6 Å². The van der Waals surface area contributed by atoms with Gasteiger partial charge in [-0.1, -0.05) is 63.2 Å². The Morgan fingerprint density at radius 2 is 1.33 bits per heavy atom. The lowest BCUT2D eigenvalue weighted by Gasteiger charge is -2.18. The number of allylic oxidation sites excluding steroid dienone is 2. The van der Waals surface area contributed by atoms with Crippen molar-refractivity contribution in [2.24, 2.45) is 29.6 Å². The maximum Gasteiger partial charge on any atom is 0.305 e. The first-order valence-electron chi connectivity index (χ1n) is 18.9. The highest BCUT2D eigenvalue weighted by Crippen LogP contribution is 2.54. The van der Waals surface area contributed by atoms with Gasteiger partial charge in [0.25, 0.3) is 0 Å². The van der Waals surface area contributed by atoms with Crippen LogP contribution in [0, 0.1) is 41.4 Å². The van der Waals surface area contributed by atoms with Crippen molar-refractivity contribution >= 4 is 24.0 Å². The minimum Gasteiger partial charge on any atom is -0.489 e. The smallest absolute Gasteiger partial charge is 0.305 e. The van der Waals surface area contributed by atoms with Gasteiger partial charge >= 0.3 is 11.9 Å². The first-order chi connectivity index (χ1) is 25.1. The lowest BCUT2D eigenvalue weighted by molar-refractivity contribution is -0.141. The number of esters is 2. The third-order valence-corrected chi connectivity index (χ3v) is 11.5. The highest BCUT2D eigenvalue weighted by atomic mass is 16.5. The van der Waals surface area contributed by atoms with E-state index in [1.807, 2.05) is 13.0 Å². The molecule has 0 radical (unpaired) electrons. The van der Waals surface area contributed by atoms with Crippen LogP contribution < -0.4 is 9.47 Å². The van der Waals surface area contributed by atoms with E-state index in [4.69, 9.17) is 14.2 Å². The van der Waals surface area contributed by atoms with Gasteiger partial charge in [0.2, 0.25) is 0 Å². The second kappa shape index (κ2) is 17.9. The molecule has 8 nitrogen and oxygen atoms in total. The van der Waals surface area contributed by atoms with E-state index in [2.05, 4.69) is 66.8 Å². The van der Waals surface area contributed by atoms with Gasteiger partial charge in [-0.2, -0.15) is 0 Å². The zero-order valence-corrected chi connectivity index (χ0v) is 31.5. The Labute approximate surface area is 309 Å². The van der Waals surface area contributed by atoms with Crippen molar-refractivity contribution in [1.82, 2.24) is 0 Å². The summed E-state index contributed by atoms with van der Waals surface area (Å²) in [5.41, 5.74) is 4.70. The van der Waals surface area contributed by atoms with E-state index in [-0.39, 0.29) is 59.5 Å². The van der Waals surface area contributed by atoms with Crippen LogP contribution >= 0.6 is 0 Å². The van der Waals surface area contributed by atoms with Gasteiger partial charge in [0.15, 0.2) is 5.78 Å². The number of hydrogen-bond acceptors (Lipinski definition) is 8. The number of aldehydes is 1. The average Bonchev–Trinajstić information content (AvgIpc) is 3.87. The largest absolute Gasteiger partial charge is 0.489 e. The molecule has 52 heavy (non-hydrogen) atoms. The first kappa shape index (κ1) is 38.8. The molecule has 2 aromatic carbocycles. The van der Waals surface area contributed by atoms with Crippen molar-refractivity contribution in [1.29, 1.82) is 0 Å². The summed E-state index contributed by atoms with van der Waals surface area (Å²) in [5.74, 6) is 9.16. The van der Waals surface area contributed by atoms with Crippen LogP contribution in [0.3, 0.4) is 0 Å². The Bertz CT molecular complexity index is 1700. The molecular formula is C44H54O8. The molecule has 0 saturated heterocycles. The lowest BCUT2D eigenvalue weighted by Crippen LogP contribution is -2.16. The molecule has 278 valence electrons. The molecule has 0 aromatic heterocycles. The van der Waals surface area contributed by atoms with E-state index in [9.17, 15) is 19.2 Å². The summed E-state index contributed by atoms with van der Waals surface area (Å²) in [7, 11) is 2.83. The second-order valence-electron chi connectivity index (χ2n) is 14.9. The molecule has 2 fully saturated rings. The monoisotopic (exact) mass is 710 g/mol. The second-order valence-corrected chi connectivity index (χ2v) is 14.9. The number of fused-ring (bicyclic) bond motifs is 6. The molecule has 2 heterocycles. The van der Waals surface area contributed by atoms with Gasteiger partial charge in [-0.25, -0.2) is 0 Å². The number of rotatable bonds is 13. The fraction of sp³-hybridized carbons (Fsp3) is 0.545. The third-order valence-electron chi connectivity index (χ3n) is 11.5. The van der Waals surface area contributed by atoms with Crippen molar-refractivity contribution < 1.29 is 38.1 Å². The molecular weight excluding hydrogens is 656 g/mol. The lowest BCUT2D eigenvalue weighted by atomic mass is 9.84. The highest BCUT2D eigenvalue weighted by molar-refractivity contribution is 5.91. The number of aryl methyl sites for hydroxylation is 2. The number of methoxy groups -OCH3 is 2. The molecule has 4 aliphatic rings. The summed E-state index contributed by atoms with van der Waals surface area (Å²) in [5, 5.41) is 0. The van der Waals surface area contributed by atoms with Gasteiger partial charge in [0.05, 0.1) is 14.2 Å². The summed E-state index contributed by atoms with van der Waals surface area (Å²) in [6.45, 7) is 8.11. The van der Waals surface area contributed by atoms with Gasteiger partial charge in [-0.15, -0.1) is 11.8 Å². The van der Waals surface area contributed by atoms with Crippen LogP contribution in [0.2, 0.25) is 0 Å². The first-order valence-corrected chi connectivity index (χ1v) is 18.9. The number of carbonyl (C=O) groups is 4. The molecule has 6 rings (SSSR count). The Balaban J connectivity index is 0.000000210. The van der Waals surface area contributed by atoms with E-state index in [0.29, 0.717) is 31.1 Å². The molecule has 2 aromatic rings. The molecule has 9 atom stereocenters. The predicted octanol–water partition coefficient (Wildman–Crippen LogP) is 7.74. The number of benzene rings is 2. The Kier molecular flexibility index (Phi) is 13.4. The van der Waals surface area contributed by atoms with E-state index in [0.717, 1.165) is 67.4 Å². The summed E-state index contributed by atoms with van der Waals surface area (Å²) in [6, 6.07) is 12.5. The zero-order valence-electron chi connectivity index (χ0n) is 31.5. The molecule has 0 unspecified atom stereocenters. The SMILES string of the molecule is CC#CC[C@@H](C)C(=O)/C=C/[C@@H]1[C@H]2c3cccc(CCCC(=O)OC)c3O[C@H]2C[C@H]1C.COC(=O)CCCc1cccc2c1O[C@H]1C[C@@H](C)[C@H](C=O)[C@@H]21. The van der Waals surface area contributed by atoms with Crippen LogP contribution in [-0.4, -0.2) is 50.4 Å². The van der Waals surface area contributed by atoms with E-state index >= 15 is 0 Å². The van der Waals surface area contributed by atoms with Crippen LogP contribution in [0.5, 0.6) is 11.5 Å². The van der Waals surface area contributed by atoms with Crippen molar-refractivity contribution in [2.45, 2.75) is 110 Å². The normalized spacial score (nSPS) is 26.6. The number of carbonyl (C=O) groups excluding carboxylic acids is 4. The van der Waals surface area contributed by atoms with Gasteiger partial charge in [-0.05, 0) is 80.4 Å². The molecule has 0 N–H and O–H groups in total. The maximum atomic E-state index is 12.5. The highest BCUT2D eigenvalue weighted by Gasteiger charge is 2.49. The summed E-state index contributed by atoms with van der Waals surface area (Å²) in [6.07, 6.45) is 11.7. The molecule has 0 spiro atoms. The third kappa shape index (κ3) is 8.62. The summed E-state index contributed by atoms with van der Waals surface area (Å²) in [4.78, 5) is 46.5. The van der Waals surface area contributed by atoms with Gasteiger partial charge < -0.3 is 23.7 Å². The minimum absolute atomic E-state index is 0.0524. The molecule has 2 aliphatic carbocycles. The minimum atomic E-state index is -0.180. The number of ether oxygens (including phenoxy) is 4. The molecule has 0 bridgehead atoms. The van der Waals surface area contributed by atoms with E-state index in [1.165, 1.54) is 25.3 Å².